The van der Waals surface area contributed by atoms with Gasteiger partial charge in [-0.25, -0.2) is 35.9 Å². The second-order valence-electron chi connectivity index (χ2n) is 23.1. The Morgan fingerprint density at radius 1 is 0.534 bits per heavy atom. The molecule has 0 unspecified atom stereocenters. The molecule has 0 bridgehead atoms. The van der Waals surface area contributed by atoms with Gasteiger partial charge in [-0.15, -0.1) is 0 Å². The van der Waals surface area contributed by atoms with E-state index in [1.54, 1.807) is 50.2 Å². The second-order valence-corrected chi connectivity index (χ2v) is 27.4. The normalized spacial score (nSPS) is 20.5. The molecule has 2 fully saturated rings. The van der Waals surface area contributed by atoms with Gasteiger partial charge in [-0.3, -0.25) is 9.80 Å². The maximum Gasteiger partial charge on any atom is 0.314 e. The van der Waals surface area contributed by atoms with E-state index in [-0.39, 0.29) is 137 Å². The number of urea groups is 2. The number of nitrogens with zero attached hydrogens (tertiary/aromatic N) is 2. The molecule has 2 saturated heterocycles. The lowest BCUT2D eigenvalue weighted by molar-refractivity contribution is 0.0516. The Morgan fingerprint density at radius 2 is 0.909 bits per heavy atom. The monoisotopic (exact) mass is 1300 g/mol. The topological polar surface area (TPSA) is 288 Å². The molecule has 10 N–H and O–H groups in total. The zero-order chi connectivity index (χ0) is 62.8. The van der Waals surface area contributed by atoms with E-state index in [4.69, 9.17) is 63.1 Å². The van der Waals surface area contributed by atoms with Gasteiger partial charge in [0.2, 0.25) is 20.0 Å². The van der Waals surface area contributed by atoms with Gasteiger partial charge in [0.05, 0.1) is 74.7 Å². The van der Waals surface area contributed by atoms with Crippen LogP contribution >= 0.6 is 23.2 Å². The van der Waals surface area contributed by atoms with Crippen molar-refractivity contribution in [2.75, 3.05) is 118 Å². The van der Waals surface area contributed by atoms with E-state index in [0.717, 1.165) is 87.0 Å². The van der Waals surface area contributed by atoms with Crippen molar-refractivity contribution in [3.63, 3.8) is 0 Å². The zero-order valence-electron chi connectivity index (χ0n) is 51.1. The van der Waals surface area contributed by atoms with E-state index >= 15 is 0 Å². The van der Waals surface area contributed by atoms with Gasteiger partial charge in [0, 0.05) is 85.6 Å². The molecule has 0 radical (unpaired) electrons. The molecule has 8 rings (SSSR count). The number of halogens is 2. The third kappa shape index (κ3) is 19.3. The molecule has 2 aliphatic carbocycles. The molecule has 6 atom stereocenters. The highest BCUT2D eigenvalue weighted by Gasteiger charge is 2.42. The molecule has 26 heteroatoms. The molecule has 486 valence electrons. The number of likely N-dealkylation sites (tertiary alicyclic amines) is 2. The molecule has 2 aliphatic heterocycles. The first-order chi connectivity index (χ1) is 42.3. The Kier molecular flexibility index (Phi) is 26.2. The number of benzene rings is 4. The summed E-state index contributed by atoms with van der Waals surface area (Å²) < 4.78 is 95.1. The number of ether oxygens (including phenoxy) is 6. The van der Waals surface area contributed by atoms with Gasteiger partial charge in [-0.05, 0) is 174 Å². The Morgan fingerprint density at radius 3 is 1.30 bits per heavy atom. The Balaban J connectivity index is 0.604. The molecule has 2 heterocycles. The molecule has 22 nitrogen and oxygen atoms in total. The van der Waals surface area contributed by atoms with Gasteiger partial charge >= 0.3 is 12.1 Å². The highest BCUT2D eigenvalue weighted by molar-refractivity contribution is 7.89. The summed E-state index contributed by atoms with van der Waals surface area (Å²) in [6, 6.07) is 17.6. The quantitative estimate of drug-likeness (QED) is 0.0259. The number of piperidine rings is 2. The highest BCUT2D eigenvalue weighted by atomic mass is 35.5. The zero-order valence-corrected chi connectivity index (χ0v) is 54.3. The molecule has 4 aromatic carbocycles. The van der Waals surface area contributed by atoms with Crippen LogP contribution in [0.1, 0.15) is 95.2 Å². The molecule has 0 aromatic heterocycles. The fourth-order valence-corrected chi connectivity index (χ4v) is 15.3. The number of nitrogens with two attached hydrogens (primary N) is 2. The van der Waals surface area contributed by atoms with Gasteiger partial charge in [0.25, 0.3) is 0 Å². The Hall–Kier alpha value is -4.90. The summed E-state index contributed by atoms with van der Waals surface area (Å²) >= 11 is 13.1. The van der Waals surface area contributed by atoms with Crippen LogP contribution < -0.4 is 51.7 Å². The van der Waals surface area contributed by atoms with Crippen LogP contribution in [0, 0.1) is 27.7 Å². The van der Waals surface area contributed by atoms with Gasteiger partial charge in [0.15, 0.2) is 0 Å². The summed E-state index contributed by atoms with van der Waals surface area (Å²) in [6.45, 7) is 14.3. The molecule has 4 amide bonds. The first kappa shape index (κ1) is 69.0. The van der Waals surface area contributed by atoms with Crippen molar-refractivity contribution < 1.29 is 54.8 Å². The number of carbonyl (C=O) groups excluding carboxylic acids is 2. The van der Waals surface area contributed by atoms with Crippen molar-refractivity contribution in [3.8, 4) is 11.5 Å². The molecule has 0 saturated carbocycles. The van der Waals surface area contributed by atoms with Crippen LogP contribution in [0.5, 0.6) is 11.5 Å². The molecule has 88 heavy (non-hydrogen) atoms. The predicted molar refractivity (Wildman–Crippen MR) is 340 cm³/mol. The van der Waals surface area contributed by atoms with Crippen LogP contribution in [-0.2, 0) is 51.8 Å². The van der Waals surface area contributed by atoms with Crippen molar-refractivity contribution in [3.05, 3.63) is 115 Å². The number of fused-ring (bicyclic) bond motifs is 2. The van der Waals surface area contributed by atoms with E-state index in [0.29, 0.717) is 58.6 Å². The summed E-state index contributed by atoms with van der Waals surface area (Å²) in [5.74, 6) is 0.979. The Labute approximate surface area is 529 Å². The fourth-order valence-electron chi connectivity index (χ4n) is 12.2. The standard InChI is InChI=1S/C62H90Cl2N10O12S2/c1-41-33-45(63)35-51-49(41)37-53(73-23-9-11-47(65)39-73)59(51)85-55-13-7-15-57(43(55)3)87(77,78)71-21-27-83-31-29-81-25-19-69-61(75)67-17-5-6-18-68-62(76)70-20-26-82-30-32-84-28-22-72-88(79,80)58-16-8-14-56(44(58)4)86-60-52-36-46(64)34-42(2)50(52)38-54(60)74-24-10-12-48(66)40-74/h7-8,13-16,33-36,47-48,53-54,59-60,71-72H,5-6,9-12,17-32,37-40,65-66H2,1-4H3,(H2,67,69,75)(H2,68,70,76)/t47-,48-,53+,54+,59+,60+/m1/s1. The average molecular weight is 1300 g/mol. The van der Waals surface area contributed by atoms with E-state index in [1.165, 1.54) is 11.1 Å². The number of hydrogen-bond donors (Lipinski definition) is 8. The van der Waals surface area contributed by atoms with Crippen LogP contribution in [0.2, 0.25) is 10.0 Å². The minimum Gasteiger partial charge on any atom is -0.484 e. The summed E-state index contributed by atoms with van der Waals surface area (Å²) in [7, 11) is -7.79. The van der Waals surface area contributed by atoms with Crippen molar-refractivity contribution in [1.29, 1.82) is 0 Å². The number of unbranched alkanes of at least 4 members (excludes halogenated alkanes) is 1. The lowest BCUT2D eigenvalue weighted by Crippen LogP contribution is -2.49. The van der Waals surface area contributed by atoms with Crippen LogP contribution in [0.15, 0.2) is 70.5 Å². The number of hydrogen-bond acceptors (Lipinski definition) is 16. The van der Waals surface area contributed by atoms with Crippen molar-refractivity contribution in [1.82, 2.24) is 40.5 Å². The first-order valence-corrected chi connectivity index (χ1v) is 34.4. The molecular formula is C62H90Cl2N10O12S2. The van der Waals surface area contributed by atoms with Gasteiger partial charge in [0.1, 0.15) is 23.7 Å². The average Bonchev–Trinajstić information content (AvgIpc) is 1.81. The van der Waals surface area contributed by atoms with Crippen molar-refractivity contribution in [2.45, 2.75) is 125 Å². The third-order valence-corrected chi connectivity index (χ3v) is 20.3. The van der Waals surface area contributed by atoms with Crippen molar-refractivity contribution >= 4 is 55.3 Å². The lowest BCUT2D eigenvalue weighted by Gasteiger charge is -2.38. The smallest absolute Gasteiger partial charge is 0.314 e. The number of nitrogens with one attached hydrogen (secondary N) is 6. The summed E-state index contributed by atoms with van der Waals surface area (Å²) in [4.78, 5) is 29.5. The van der Waals surface area contributed by atoms with Crippen LogP contribution in [0.3, 0.4) is 0 Å². The maximum atomic E-state index is 13.5. The molecule has 0 spiro atoms. The lowest BCUT2D eigenvalue weighted by atomic mass is 10.0. The molecular weight excluding hydrogens is 1210 g/mol. The van der Waals surface area contributed by atoms with E-state index in [2.05, 4.69) is 54.4 Å². The van der Waals surface area contributed by atoms with E-state index in [1.807, 2.05) is 24.3 Å². The minimum atomic E-state index is -3.89. The fraction of sp³-hybridized carbons (Fsp3) is 0.581. The number of carbonyl (C=O) groups is 2. The summed E-state index contributed by atoms with van der Waals surface area (Å²) in [5, 5.41) is 12.3. The summed E-state index contributed by atoms with van der Waals surface area (Å²) in [6.07, 6.45) is 6.19. The first-order valence-electron chi connectivity index (χ1n) is 30.7. The number of rotatable bonds is 33. The number of aryl methyl sites for hydroxylation is 2. The Bertz CT molecular complexity index is 3000. The second kappa shape index (κ2) is 33.4. The largest absolute Gasteiger partial charge is 0.484 e. The van der Waals surface area contributed by atoms with Crippen LogP contribution in [0.25, 0.3) is 0 Å². The van der Waals surface area contributed by atoms with Crippen LogP contribution in [0.4, 0.5) is 9.59 Å². The predicted octanol–water partition coefficient (Wildman–Crippen LogP) is 5.86. The van der Waals surface area contributed by atoms with E-state index in [9.17, 15) is 26.4 Å². The molecule has 4 aliphatic rings. The van der Waals surface area contributed by atoms with Crippen molar-refractivity contribution in [2.24, 2.45) is 11.5 Å². The highest BCUT2D eigenvalue weighted by Crippen LogP contribution is 2.44. The van der Waals surface area contributed by atoms with Crippen LogP contribution in [-0.4, -0.2) is 181 Å². The SMILES string of the molecule is Cc1cc(Cl)cc2c1C[C@H](N1CCC[C@@H](N)C1)[C@H]2Oc1cccc(S(=O)(=O)NCCOCCOCCNC(=O)NCCCCNC(=O)NCCOCCOCCNS(=O)(=O)c2cccc(O[C@H]3c4cc(Cl)cc(C)c4C[C@@H]3N3CCC[C@@H](N)C3)c2C)c1C. The van der Waals surface area contributed by atoms with Gasteiger partial charge < -0.3 is 61.2 Å². The van der Waals surface area contributed by atoms with Gasteiger partial charge in [-0.2, -0.15) is 0 Å². The molecule has 4 aromatic rings. The van der Waals surface area contributed by atoms with E-state index < -0.39 is 20.0 Å². The number of amides is 4. The maximum absolute atomic E-state index is 13.5. The van der Waals surface area contributed by atoms with Gasteiger partial charge in [-0.1, -0.05) is 35.3 Å². The third-order valence-electron chi connectivity index (χ3n) is 16.6. The minimum absolute atomic E-state index is 0.0375. The number of sulfonamides is 2. The summed E-state index contributed by atoms with van der Waals surface area (Å²) in [5.41, 5.74) is 20.5.